The van der Waals surface area contributed by atoms with E-state index in [9.17, 15) is 4.79 Å². The van der Waals surface area contributed by atoms with Gasteiger partial charge in [0.25, 0.3) is 0 Å². The summed E-state index contributed by atoms with van der Waals surface area (Å²) in [4.78, 5) is 11.9. The van der Waals surface area contributed by atoms with Gasteiger partial charge in [0.2, 0.25) is 5.91 Å². The van der Waals surface area contributed by atoms with Crippen molar-refractivity contribution in [1.29, 1.82) is 0 Å². The first-order valence-electron chi connectivity index (χ1n) is 4.80. The number of benzene rings is 1. The van der Waals surface area contributed by atoms with Crippen LogP contribution in [-0.2, 0) is 4.79 Å². The summed E-state index contributed by atoms with van der Waals surface area (Å²) in [6, 6.07) is 5.38. The second-order valence-corrected chi connectivity index (χ2v) is 6.80. The average molecular weight is 430 g/mol. The maximum absolute atomic E-state index is 11.9. The third kappa shape index (κ3) is 3.96. The van der Waals surface area contributed by atoms with Crippen molar-refractivity contribution >= 4 is 59.4 Å². The van der Waals surface area contributed by atoms with Crippen LogP contribution in [0.15, 0.2) is 22.7 Å². The highest BCUT2D eigenvalue weighted by Crippen LogP contribution is 2.29. The molecule has 0 radical (unpaired) electrons. The Labute approximate surface area is 126 Å². The van der Waals surface area contributed by atoms with Crippen LogP contribution < -0.4 is 10.1 Å². The van der Waals surface area contributed by atoms with E-state index in [2.05, 4.69) is 53.1 Å². The van der Waals surface area contributed by atoms with Gasteiger partial charge < -0.3 is 10.1 Å². The molecule has 94 valence electrons. The molecule has 0 saturated heterocycles. The summed E-state index contributed by atoms with van der Waals surface area (Å²) in [5.74, 6) is 0.622. The van der Waals surface area contributed by atoms with Crippen LogP contribution in [0.4, 0.5) is 5.69 Å². The zero-order valence-electron chi connectivity index (χ0n) is 9.39. The van der Waals surface area contributed by atoms with E-state index in [1.807, 2.05) is 0 Å². The fraction of sp³-hybridized carbons (Fsp3) is 0.364. The van der Waals surface area contributed by atoms with Crippen LogP contribution in [-0.4, -0.2) is 22.7 Å². The summed E-state index contributed by atoms with van der Waals surface area (Å²) in [5.41, 5.74) is 0.717. The number of carbonyl (C=O) groups is 1. The smallest absolute Gasteiger partial charge is 0.241 e. The van der Waals surface area contributed by atoms with Crippen LogP contribution >= 0.6 is 47.8 Å². The van der Waals surface area contributed by atoms with Gasteiger partial charge in [0.05, 0.1) is 11.6 Å². The Morgan fingerprint density at radius 3 is 2.65 bits per heavy atom. The van der Waals surface area contributed by atoms with Gasteiger partial charge in [-0.05, 0) is 41.1 Å². The van der Waals surface area contributed by atoms with E-state index >= 15 is 0 Å². The van der Waals surface area contributed by atoms with E-state index in [1.165, 1.54) is 0 Å². The molecule has 0 bridgehead atoms. The quantitative estimate of drug-likeness (QED) is 0.736. The minimum atomic E-state index is -0.626. The summed E-state index contributed by atoms with van der Waals surface area (Å²) < 4.78 is 5.29. The Hall–Kier alpha value is -0.0700. The number of halogens is 3. The number of carbonyl (C=O) groups excluding carboxylic acids is 1. The van der Waals surface area contributed by atoms with E-state index in [-0.39, 0.29) is 5.91 Å². The Morgan fingerprint density at radius 1 is 1.53 bits per heavy atom. The van der Waals surface area contributed by atoms with Gasteiger partial charge in [-0.3, -0.25) is 4.79 Å². The topological polar surface area (TPSA) is 38.3 Å². The summed E-state index contributed by atoms with van der Waals surface area (Å²) in [6.07, 6.45) is 0. The Bertz CT molecular complexity index is 421. The molecule has 1 amide bonds. The van der Waals surface area contributed by atoms with E-state index in [0.29, 0.717) is 11.0 Å². The molecule has 1 atom stereocenters. The molecule has 3 nitrogen and oxygen atoms in total. The monoisotopic (exact) mass is 427 g/mol. The summed E-state index contributed by atoms with van der Waals surface area (Å²) in [5, 5.41) is 3.35. The lowest BCUT2D eigenvalue weighted by Crippen LogP contribution is -2.35. The molecule has 0 saturated carbocycles. The molecule has 0 aliphatic rings. The first-order valence-corrected chi connectivity index (χ1v) is 7.51. The number of hydrogen-bond donors (Lipinski definition) is 1. The molecule has 6 heteroatoms. The second kappa shape index (κ2) is 6.20. The van der Waals surface area contributed by atoms with Crippen molar-refractivity contribution in [3.8, 4) is 5.75 Å². The number of ether oxygens (including phenoxy) is 1. The minimum absolute atomic E-state index is 0.105. The number of hydrogen-bond acceptors (Lipinski definition) is 2. The number of anilines is 1. The molecule has 1 aromatic rings. The van der Waals surface area contributed by atoms with Gasteiger partial charge in [-0.15, -0.1) is 0 Å². The van der Waals surface area contributed by atoms with E-state index in [4.69, 9.17) is 4.74 Å². The van der Waals surface area contributed by atoms with Crippen molar-refractivity contribution in [3.05, 3.63) is 22.7 Å². The van der Waals surface area contributed by atoms with Crippen LogP contribution in [0.3, 0.4) is 0 Å². The van der Waals surface area contributed by atoms with Crippen LogP contribution in [0.1, 0.15) is 6.92 Å². The van der Waals surface area contributed by atoms with Crippen molar-refractivity contribution in [2.75, 3.05) is 17.8 Å². The van der Waals surface area contributed by atoms with Crippen molar-refractivity contribution in [2.24, 2.45) is 0 Å². The van der Waals surface area contributed by atoms with Crippen LogP contribution in [0.25, 0.3) is 0 Å². The SMILES string of the molecule is COc1ccc(NC(=O)C(C)(Br)CBr)cc1Br. The van der Waals surface area contributed by atoms with Crippen molar-refractivity contribution < 1.29 is 9.53 Å². The van der Waals surface area contributed by atoms with Crippen LogP contribution in [0.5, 0.6) is 5.75 Å². The minimum Gasteiger partial charge on any atom is -0.496 e. The highest BCUT2D eigenvalue weighted by atomic mass is 79.9. The van der Waals surface area contributed by atoms with Crippen molar-refractivity contribution in [3.63, 3.8) is 0 Å². The maximum atomic E-state index is 11.9. The lowest BCUT2D eigenvalue weighted by Gasteiger charge is -2.18. The number of methoxy groups -OCH3 is 1. The number of nitrogens with one attached hydrogen (secondary N) is 1. The van der Waals surface area contributed by atoms with Gasteiger partial charge in [0.1, 0.15) is 10.1 Å². The molecule has 0 aromatic heterocycles. The molecule has 0 heterocycles. The molecule has 0 aliphatic carbocycles. The molecule has 0 fully saturated rings. The zero-order valence-corrected chi connectivity index (χ0v) is 14.1. The van der Waals surface area contributed by atoms with Crippen molar-refractivity contribution in [1.82, 2.24) is 0 Å². The maximum Gasteiger partial charge on any atom is 0.241 e. The van der Waals surface area contributed by atoms with Gasteiger partial charge in [0.15, 0.2) is 0 Å². The normalized spacial score (nSPS) is 13.9. The molecule has 1 aromatic carbocycles. The molecule has 1 rings (SSSR count). The zero-order chi connectivity index (χ0) is 13.1. The fourth-order valence-electron chi connectivity index (χ4n) is 1.07. The van der Waals surface area contributed by atoms with Crippen LogP contribution in [0, 0.1) is 0 Å². The van der Waals surface area contributed by atoms with Gasteiger partial charge >= 0.3 is 0 Å². The summed E-state index contributed by atoms with van der Waals surface area (Å²) in [7, 11) is 1.60. The van der Waals surface area contributed by atoms with E-state index in [1.54, 1.807) is 32.2 Å². The predicted octanol–water partition coefficient (Wildman–Crippen LogP) is 3.94. The Kier molecular flexibility index (Phi) is 5.47. The predicted molar refractivity (Wildman–Crippen MR) is 80.4 cm³/mol. The van der Waals surface area contributed by atoms with E-state index < -0.39 is 4.32 Å². The lowest BCUT2D eigenvalue weighted by atomic mass is 10.2. The van der Waals surface area contributed by atoms with Gasteiger partial charge in [-0.2, -0.15) is 0 Å². The standard InChI is InChI=1S/C11H12Br3NO2/c1-11(14,6-12)10(16)15-7-3-4-9(17-2)8(13)5-7/h3-5H,6H2,1-2H3,(H,15,16). The third-order valence-electron chi connectivity index (χ3n) is 2.13. The first-order chi connectivity index (χ1) is 7.90. The molecule has 1 N–H and O–H groups in total. The van der Waals surface area contributed by atoms with Gasteiger partial charge in [-0.1, -0.05) is 31.9 Å². The first kappa shape index (κ1) is 15.0. The molecular weight excluding hydrogens is 418 g/mol. The summed E-state index contributed by atoms with van der Waals surface area (Å²) in [6.45, 7) is 1.80. The number of rotatable bonds is 4. The second-order valence-electron chi connectivity index (χ2n) is 3.63. The summed E-state index contributed by atoms with van der Waals surface area (Å²) >= 11 is 10.0. The molecular formula is C11H12Br3NO2. The fourth-order valence-corrected chi connectivity index (χ4v) is 1.96. The van der Waals surface area contributed by atoms with Crippen LogP contribution in [0.2, 0.25) is 0 Å². The van der Waals surface area contributed by atoms with E-state index in [0.717, 1.165) is 10.2 Å². The van der Waals surface area contributed by atoms with Gasteiger partial charge in [-0.25, -0.2) is 0 Å². The Morgan fingerprint density at radius 2 is 2.18 bits per heavy atom. The molecule has 0 aliphatic heterocycles. The van der Waals surface area contributed by atoms with Crippen molar-refractivity contribution in [2.45, 2.75) is 11.2 Å². The van der Waals surface area contributed by atoms with Gasteiger partial charge in [0, 0.05) is 11.0 Å². The molecule has 1 unspecified atom stereocenters. The lowest BCUT2D eigenvalue weighted by molar-refractivity contribution is -0.117. The highest BCUT2D eigenvalue weighted by molar-refractivity contribution is 9.12. The molecule has 17 heavy (non-hydrogen) atoms. The number of alkyl halides is 2. The third-order valence-corrected chi connectivity index (χ3v) is 5.27. The largest absolute Gasteiger partial charge is 0.496 e. The Balaban J connectivity index is 2.83. The number of amides is 1. The average Bonchev–Trinajstić information content (AvgIpc) is 2.29. The molecule has 0 spiro atoms. The highest BCUT2D eigenvalue weighted by Gasteiger charge is 2.28.